The summed E-state index contributed by atoms with van der Waals surface area (Å²) in [6.07, 6.45) is 10.9. The first kappa shape index (κ1) is 17.7. The second-order valence-corrected chi connectivity index (χ2v) is 9.11. The normalized spacial score (nSPS) is 43.0. The predicted octanol–water partition coefficient (Wildman–Crippen LogP) is 3.33. The number of aliphatic hydroxyl groups is 1. The lowest BCUT2D eigenvalue weighted by atomic mass is 9.85. The molecule has 142 valence electrons. The van der Waals surface area contributed by atoms with E-state index in [2.05, 4.69) is 0 Å². The number of aliphatic hydroxyl groups excluding tert-OH is 1. The third-order valence-corrected chi connectivity index (χ3v) is 7.16. The molecule has 0 aromatic rings. The molecule has 1 N–H and O–H groups in total. The summed E-state index contributed by atoms with van der Waals surface area (Å²) >= 11 is 0. The summed E-state index contributed by atoms with van der Waals surface area (Å²) in [7, 11) is 0. The van der Waals surface area contributed by atoms with Crippen LogP contribution in [0.15, 0.2) is 0 Å². The van der Waals surface area contributed by atoms with Crippen LogP contribution >= 0.6 is 0 Å². The van der Waals surface area contributed by atoms with Crippen molar-refractivity contribution >= 4 is 5.97 Å². The van der Waals surface area contributed by atoms with Gasteiger partial charge in [0.25, 0.3) is 0 Å². The third-order valence-electron chi connectivity index (χ3n) is 7.16. The largest absolute Gasteiger partial charge is 0.459 e. The average molecular weight is 352 g/mol. The molecular formula is C20H32O5. The predicted molar refractivity (Wildman–Crippen MR) is 91.8 cm³/mol. The highest BCUT2D eigenvalue weighted by atomic mass is 16.7. The lowest BCUT2D eigenvalue weighted by Gasteiger charge is -2.42. The zero-order valence-corrected chi connectivity index (χ0v) is 15.6. The van der Waals surface area contributed by atoms with Crippen LogP contribution in [0.4, 0.5) is 0 Å². The van der Waals surface area contributed by atoms with Gasteiger partial charge >= 0.3 is 5.97 Å². The van der Waals surface area contributed by atoms with E-state index < -0.39 is 11.0 Å². The van der Waals surface area contributed by atoms with Gasteiger partial charge in [0, 0.05) is 26.2 Å². The quantitative estimate of drug-likeness (QED) is 0.769. The van der Waals surface area contributed by atoms with E-state index in [1.807, 2.05) is 6.92 Å². The zero-order valence-electron chi connectivity index (χ0n) is 15.6. The molecule has 0 aromatic heterocycles. The Bertz CT molecular complexity index is 524. The molecule has 0 bridgehead atoms. The summed E-state index contributed by atoms with van der Waals surface area (Å²) in [6, 6.07) is 0. The van der Waals surface area contributed by atoms with Gasteiger partial charge in [-0.1, -0.05) is 32.1 Å². The van der Waals surface area contributed by atoms with E-state index in [0.29, 0.717) is 12.3 Å². The summed E-state index contributed by atoms with van der Waals surface area (Å²) < 4.78 is 18.3. The number of carbonyl (C=O) groups excluding carboxylic acids is 1. The molecule has 1 saturated heterocycles. The molecule has 0 aromatic carbocycles. The van der Waals surface area contributed by atoms with Crippen LogP contribution < -0.4 is 0 Å². The van der Waals surface area contributed by atoms with Gasteiger partial charge in [-0.3, -0.25) is 4.79 Å². The molecule has 25 heavy (non-hydrogen) atoms. The van der Waals surface area contributed by atoms with Crippen molar-refractivity contribution in [3.05, 3.63) is 0 Å². The van der Waals surface area contributed by atoms with Crippen molar-refractivity contribution < 1.29 is 24.1 Å². The Balaban J connectivity index is 1.46. The van der Waals surface area contributed by atoms with Crippen molar-refractivity contribution in [3.8, 4) is 0 Å². The number of ether oxygens (including phenoxy) is 3. The van der Waals surface area contributed by atoms with Crippen molar-refractivity contribution in [1.29, 1.82) is 0 Å². The standard InChI is InChI=1S/C20H32O5/c1-14(22)24-18(2)12-20(18,13-21)16-11-19(8-9-19)25-17(23-16)10-15-6-4-3-5-7-15/h15-17,21H,3-13H2,1-2H3. The molecule has 3 saturated carbocycles. The summed E-state index contributed by atoms with van der Waals surface area (Å²) in [5.41, 5.74) is -1.13. The summed E-state index contributed by atoms with van der Waals surface area (Å²) in [5.74, 6) is 0.405. The van der Waals surface area contributed by atoms with E-state index in [4.69, 9.17) is 14.2 Å². The van der Waals surface area contributed by atoms with Crippen LogP contribution in [0.25, 0.3) is 0 Å². The number of rotatable bonds is 5. The van der Waals surface area contributed by atoms with Crippen LogP contribution in [0.5, 0.6) is 0 Å². The number of hydrogen-bond acceptors (Lipinski definition) is 5. The van der Waals surface area contributed by atoms with Gasteiger partial charge < -0.3 is 19.3 Å². The second-order valence-electron chi connectivity index (χ2n) is 9.11. The smallest absolute Gasteiger partial charge is 0.303 e. The summed E-state index contributed by atoms with van der Waals surface area (Å²) in [4.78, 5) is 11.5. The molecule has 1 aliphatic heterocycles. The van der Waals surface area contributed by atoms with Crippen molar-refractivity contribution in [3.63, 3.8) is 0 Å². The van der Waals surface area contributed by atoms with Crippen molar-refractivity contribution in [2.24, 2.45) is 11.3 Å². The molecule has 1 spiro atoms. The van der Waals surface area contributed by atoms with E-state index in [1.54, 1.807) is 0 Å². The Morgan fingerprint density at radius 3 is 2.56 bits per heavy atom. The SMILES string of the molecule is CC(=O)OC1(C)CC1(CO)C1CC2(CC2)OC(CC2CCCCC2)O1. The number of esters is 1. The van der Waals surface area contributed by atoms with Crippen LogP contribution in [0.1, 0.15) is 78.1 Å². The highest BCUT2D eigenvalue weighted by Gasteiger charge is 2.73. The molecule has 4 unspecified atom stereocenters. The van der Waals surface area contributed by atoms with Gasteiger partial charge in [0.1, 0.15) is 5.60 Å². The van der Waals surface area contributed by atoms with Crippen molar-refractivity contribution in [2.75, 3.05) is 6.61 Å². The highest BCUT2D eigenvalue weighted by Crippen LogP contribution is 2.65. The van der Waals surface area contributed by atoms with Gasteiger partial charge in [0.2, 0.25) is 0 Å². The van der Waals surface area contributed by atoms with E-state index in [9.17, 15) is 9.90 Å². The minimum Gasteiger partial charge on any atom is -0.459 e. The molecule has 4 fully saturated rings. The van der Waals surface area contributed by atoms with Crippen LogP contribution in [0.2, 0.25) is 0 Å². The topological polar surface area (TPSA) is 65.0 Å². The minimum absolute atomic E-state index is 0.00627. The van der Waals surface area contributed by atoms with Gasteiger partial charge in [-0.2, -0.15) is 0 Å². The molecule has 4 aliphatic rings. The first-order chi connectivity index (χ1) is 11.9. The molecule has 1 heterocycles. The first-order valence-corrected chi connectivity index (χ1v) is 10.0. The van der Waals surface area contributed by atoms with Gasteiger partial charge in [0.05, 0.1) is 23.7 Å². The Morgan fingerprint density at radius 2 is 1.96 bits per heavy atom. The van der Waals surface area contributed by atoms with Gasteiger partial charge in [-0.15, -0.1) is 0 Å². The van der Waals surface area contributed by atoms with Crippen LogP contribution in [-0.2, 0) is 19.0 Å². The van der Waals surface area contributed by atoms with Crippen LogP contribution in [0, 0.1) is 11.3 Å². The molecular weight excluding hydrogens is 320 g/mol. The van der Waals surface area contributed by atoms with E-state index in [-0.39, 0.29) is 30.6 Å². The lowest BCUT2D eigenvalue weighted by molar-refractivity contribution is -0.278. The van der Waals surface area contributed by atoms with Crippen molar-refractivity contribution in [1.82, 2.24) is 0 Å². The van der Waals surface area contributed by atoms with E-state index in [0.717, 1.165) is 25.7 Å². The maximum atomic E-state index is 11.5. The average Bonchev–Trinajstić information content (AvgIpc) is 3.44. The Hall–Kier alpha value is -0.650. The van der Waals surface area contributed by atoms with E-state index >= 15 is 0 Å². The van der Waals surface area contributed by atoms with Gasteiger partial charge in [0.15, 0.2) is 6.29 Å². The number of hydrogen-bond donors (Lipinski definition) is 1. The Morgan fingerprint density at radius 1 is 1.24 bits per heavy atom. The maximum absolute atomic E-state index is 11.5. The molecule has 0 amide bonds. The fraction of sp³-hybridized carbons (Fsp3) is 0.950. The molecule has 5 nitrogen and oxygen atoms in total. The summed E-state index contributed by atoms with van der Waals surface area (Å²) in [6.45, 7) is 3.36. The Labute approximate surface area is 150 Å². The zero-order chi connectivity index (χ0) is 17.7. The lowest BCUT2D eigenvalue weighted by Crippen LogP contribution is -2.48. The van der Waals surface area contributed by atoms with E-state index in [1.165, 1.54) is 39.0 Å². The molecule has 5 heteroatoms. The second kappa shape index (κ2) is 6.21. The summed E-state index contributed by atoms with van der Waals surface area (Å²) in [5, 5.41) is 10.1. The minimum atomic E-state index is -0.610. The van der Waals surface area contributed by atoms with Crippen LogP contribution in [0.3, 0.4) is 0 Å². The monoisotopic (exact) mass is 352 g/mol. The number of carbonyl (C=O) groups is 1. The molecule has 0 radical (unpaired) electrons. The fourth-order valence-corrected chi connectivity index (χ4v) is 5.30. The maximum Gasteiger partial charge on any atom is 0.303 e. The van der Waals surface area contributed by atoms with Crippen molar-refractivity contribution in [2.45, 2.75) is 102 Å². The Kier molecular flexibility index (Phi) is 4.41. The molecule has 3 aliphatic carbocycles. The van der Waals surface area contributed by atoms with Gasteiger partial charge in [-0.05, 0) is 25.7 Å². The third kappa shape index (κ3) is 3.24. The fourth-order valence-electron chi connectivity index (χ4n) is 5.30. The molecule has 4 rings (SSSR count). The van der Waals surface area contributed by atoms with Gasteiger partial charge in [-0.25, -0.2) is 0 Å². The van der Waals surface area contributed by atoms with Crippen LogP contribution in [-0.4, -0.2) is 41.3 Å². The first-order valence-electron chi connectivity index (χ1n) is 10.0. The highest BCUT2D eigenvalue weighted by molar-refractivity contribution is 5.67. The molecule has 4 atom stereocenters.